The summed E-state index contributed by atoms with van der Waals surface area (Å²) in [6.45, 7) is 0. The van der Waals surface area contributed by atoms with Crippen molar-refractivity contribution in [1.82, 2.24) is 0 Å². The van der Waals surface area contributed by atoms with E-state index in [4.69, 9.17) is 15.3 Å². The molecule has 0 bridgehead atoms. The molecule has 0 aliphatic heterocycles. The second-order valence-corrected chi connectivity index (χ2v) is 0.224. The van der Waals surface area contributed by atoms with Gasteiger partial charge in [0, 0.05) is 0 Å². The van der Waals surface area contributed by atoms with Gasteiger partial charge in [-0.1, -0.05) is 0 Å². The minimum atomic E-state index is -1.75. The first-order valence-corrected chi connectivity index (χ1v) is 0.548. The van der Waals surface area contributed by atoms with Crippen LogP contribution in [0.25, 0.3) is 0 Å². The molecule has 7 nitrogen and oxygen atoms in total. The summed E-state index contributed by atoms with van der Waals surface area (Å²) >= 11 is 0. The molecule has 49 valence electrons. The Labute approximate surface area is 63.5 Å². The van der Waals surface area contributed by atoms with Gasteiger partial charge in [-0.05, 0) is 0 Å². The fourth-order valence-corrected chi connectivity index (χ4v) is 0. The van der Waals surface area contributed by atoms with Crippen molar-refractivity contribution < 1.29 is 47.7 Å². The van der Waals surface area contributed by atoms with Gasteiger partial charge in [0.1, 0.15) is 0 Å². The van der Waals surface area contributed by atoms with Crippen molar-refractivity contribution in [2.75, 3.05) is 0 Å². The van der Waals surface area contributed by atoms with E-state index in [1.54, 1.807) is 0 Å². The molecule has 0 fully saturated rings. The third-order valence-electron chi connectivity index (χ3n) is 0. The first-order valence-electron chi connectivity index (χ1n) is 0.548. The van der Waals surface area contributed by atoms with Crippen LogP contribution in [0.15, 0.2) is 0 Å². The van der Waals surface area contributed by atoms with Crippen LogP contribution in [0, 0.1) is 15.3 Å². The molecule has 0 rings (SSSR count). The van der Waals surface area contributed by atoms with Gasteiger partial charge in [0.05, 0.1) is 5.09 Å². The van der Waals surface area contributed by atoms with Crippen LogP contribution >= 0.6 is 0 Å². The van der Waals surface area contributed by atoms with E-state index in [0.29, 0.717) is 0 Å². The molecule has 1 radical (unpaired) electrons. The Morgan fingerprint density at radius 2 is 1.12 bits per heavy atom. The molecule has 0 spiro atoms. The van der Waals surface area contributed by atoms with Crippen LogP contribution < -0.4 is 0 Å². The fraction of sp³-hybridized carbons (Fsp3) is 0. The van der Waals surface area contributed by atoms with Crippen LogP contribution in [0.3, 0.4) is 0 Å². The molecule has 4 N–H and O–H groups in total. The minimum Gasteiger partial charge on any atom is -2.00 e. The largest absolute Gasteiger partial charge is 3.00 e. The topological polar surface area (TPSA) is 158 Å². The number of rotatable bonds is 0. The van der Waals surface area contributed by atoms with E-state index in [1.807, 2.05) is 0 Å². The quantitative estimate of drug-likeness (QED) is 0.331. The normalized spacial score (nSPS) is 3.00. The van der Waals surface area contributed by atoms with E-state index in [0.717, 1.165) is 0 Å². The molecular weight excluding hydrogens is 201 g/mol. The van der Waals surface area contributed by atoms with Crippen LogP contribution in [0.5, 0.6) is 0 Å². The summed E-state index contributed by atoms with van der Waals surface area (Å²) < 4.78 is 0. The van der Waals surface area contributed by atoms with Crippen molar-refractivity contribution in [3.8, 4) is 0 Å². The molecule has 0 atom stereocenters. The van der Waals surface area contributed by atoms with Crippen molar-refractivity contribution in [2.24, 2.45) is 0 Å². The van der Waals surface area contributed by atoms with Gasteiger partial charge in [0.25, 0.3) is 0 Å². The van der Waals surface area contributed by atoms with E-state index in [9.17, 15) is 0 Å². The van der Waals surface area contributed by atoms with E-state index >= 15 is 0 Å². The Bertz CT molecular complexity index is 31.5. The zero-order valence-corrected chi connectivity index (χ0v) is 6.04. The maximum atomic E-state index is 8.25. The van der Waals surface area contributed by atoms with Gasteiger partial charge in [-0.15, -0.1) is 0 Å². The first-order chi connectivity index (χ1) is 1.73. The van der Waals surface area contributed by atoms with Gasteiger partial charge in [-0.2, -0.15) is 0 Å². The molecule has 0 saturated carbocycles. The van der Waals surface area contributed by atoms with Gasteiger partial charge < -0.3 is 31.8 Å². The van der Waals surface area contributed by atoms with Crippen LogP contribution in [-0.2, 0) is 31.7 Å². The molecule has 0 amide bonds. The Balaban J connectivity index is -0.00000000750. The third-order valence-corrected chi connectivity index (χ3v) is 0. The van der Waals surface area contributed by atoms with Gasteiger partial charge in [-0.25, -0.2) is 0 Å². The van der Waals surface area contributed by atoms with Crippen molar-refractivity contribution >= 4 is 0 Å². The minimum absolute atomic E-state index is 0. The first kappa shape index (κ1) is 44.0. The summed E-state index contributed by atoms with van der Waals surface area (Å²) in [7, 11) is 0. The molecule has 8 heteroatoms. The molecule has 0 aromatic heterocycles. The average molecular weight is 205 g/mol. The monoisotopic (exact) mass is 204 g/mol. The second-order valence-electron chi connectivity index (χ2n) is 0.224. The third kappa shape index (κ3) is 108000. The summed E-state index contributed by atoms with van der Waals surface area (Å²) in [6, 6.07) is 0. The van der Waals surface area contributed by atoms with Gasteiger partial charge in [-0.3, -0.25) is 0 Å². The Morgan fingerprint density at radius 3 is 1.12 bits per heavy atom. The maximum absolute atomic E-state index is 8.25. The van der Waals surface area contributed by atoms with Gasteiger partial charge in [0.2, 0.25) is 0 Å². The van der Waals surface area contributed by atoms with Crippen LogP contribution in [0.1, 0.15) is 0 Å². The maximum Gasteiger partial charge on any atom is 3.00 e. The predicted molar refractivity (Wildman–Crippen MR) is 18.3 cm³/mol. The van der Waals surface area contributed by atoms with Crippen molar-refractivity contribution in [3.63, 3.8) is 0 Å². The zero-order valence-electron chi connectivity index (χ0n) is 3.58. The second kappa shape index (κ2) is 28.2. The van der Waals surface area contributed by atoms with Crippen molar-refractivity contribution in [3.05, 3.63) is 15.3 Å². The molecule has 0 aliphatic carbocycles. The molecule has 0 aromatic rings. The van der Waals surface area contributed by atoms with E-state index in [2.05, 4.69) is 0 Å². The van der Waals surface area contributed by atoms with E-state index in [-0.39, 0.29) is 42.6 Å². The standard InChI is InChI=1S/NO3.2H2O.O.Zr/c2-1(3)4;;;;/h;2*1H2;;/q-1;;;-2;+3. The van der Waals surface area contributed by atoms with Crippen molar-refractivity contribution in [1.29, 1.82) is 0 Å². The van der Waals surface area contributed by atoms with Crippen molar-refractivity contribution in [2.45, 2.75) is 0 Å². The molecule has 8 heavy (non-hydrogen) atoms. The summed E-state index contributed by atoms with van der Waals surface area (Å²) in [5.41, 5.74) is 0. The van der Waals surface area contributed by atoms with Gasteiger partial charge in [0.15, 0.2) is 0 Å². The molecular formula is H4NO6Zr. The Kier molecular flexibility index (Phi) is 155. The molecule has 0 aromatic carbocycles. The number of hydrogen-bond donors (Lipinski definition) is 0. The number of nitrogens with zero attached hydrogens (tertiary/aromatic N) is 1. The molecule has 0 heterocycles. The van der Waals surface area contributed by atoms with E-state index < -0.39 is 5.09 Å². The fourth-order valence-electron chi connectivity index (χ4n) is 0. The summed E-state index contributed by atoms with van der Waals surface area (Å²) in [5.74, 6) is 0. The number of hydrogen-bond acceptors (Lipinski definition) is 3. The zero-order chi connectivity index (χ0) is 3.58. The smallest absolute Gasteiger partial charge is 2.00 e. The van der Waals surface area contributed by atoms with Crippen LogP contribution in [0.2, 0.25) is 0 Å². The average Bonchev–Trinajstić information content (AvgIpc) is 0.811. The summed E-state index contributed by atoms with van der Waals surface area (Å²) in [5, 5.41) is 14.8. The van der Waals surface area contributed by atoms with E-state index in [1.165, 1.54) is 0 Å². The predicted octanol–water partition coefficient (Wildman–Crippen LogP) is -2.01. The van der Waals surface area contributed by atoms with Gasteiger partial charge >= 0.3 is 26.2 Å². The molecule has 0 saturated heterocycles. The summed E-state index contributed by atoms with van der Waals surface area (Å²) in [4.78, 5) is 8.25. The Morgan fingerprint density at radius 1 is 1.12 bits per heavy atom. The SMILES string of the molecule is O.O.O=[N+]([O-])[O-].[O-2].[Zr+3]. The Hall–Kier alpha value is -0.0369. The van der Waals surface area contributed by atoms with Crippen LogP contribution in [0.4, 0.5) is 0 Å². The summed E-state index contributed by atoms with van der Waals surface area (Å²) in [6.07, 6.45) is 0. The molecule has 0 unspecified atom stereocenters. The molecule has 0 aliphatic rings. The van der Waals surface area contributed by atoms with Crippen LogP contribution in [-0.4, -0.2) is 16.0 Å².